The van der Waals surface area contributed by atoms with Gasteiger partial charge in [-0.1, -0.05) is 42.5 Å². The Bertz CT molecular complexity index is 311. The molecule has 0 bridgehead atoms. The summed E-state index contributed by atoms with van der Waals surface area (Å²) >= 11 is 0. The van der Waals surface area contributed by atoms with Crippen LogP contribution in [0.15, 0.2) is 55.6 Å². The standard InChI is InChI=1S/C14H19NO/c1-3-10-15(11-4-2)14(16)12-13-8-6-5-7-9-13/h3-9,14,16H,1-2,10-12H2. The van der Waals surface area contributed by atoms with Gasteiger partial charge in [0.05, 0.1) is 0 Å². The Labute approximate surface area is 97.5 Å². The molecule has 1 unspecified atom stereocenters. The highest BCUT2D eigenvalue weighted by atomic mass is 16.3. The lowest BCUT2D eigenvalue weighted by Gasteiger charge is -2.25. The van der Waals surface area contributed by atoms with E-state index in [1.165, 1.54) is 0 Å². The second-order valence-corrected chi connectivity index (χ2v) is 3.70. The van der Waals surface area contributed by atoms with E-state index in [-0.39, 0.29) is 0 Å². The van der Waals surface area contributed by atoms with Crippen molar-refractivity contribution in [1.29, 1.82) is 0 Å². The maximum atomic E-state index is 10.1. The van der Waals surface area contributed by atoms with Gasteiger partial charge in [0.25, 0.3) is 0 Å². The van der Waals surface area contributed by atoms with Crippen LogP contribution in [0.3, 0.4) is 0 Å². The number of benzene rings is 1. The summed E-state index contributed by atoms with van der Waals surface area (Å²) in [6, 6.07) is 9.97. The number of hydrogen-bond acceptors (Lipinski definition) is 2. The molecular formula is C14H19NO. The van der Waals surface area contributed by atoms with Gasteiger partial charge in [-0.3, -0.25) is 4.90 Å². The molecule has 0 fully saturated rings. The van der Waals surface area contributed by atoms with E-state index in [4.69, 9.17) is 0 Å². The molecule has 1 aromatic carbocycles. The summed E-state index contributed by atoms with van der Waals surface area (Å²) in [5.74, 6) is 0. The zero-order chi connectivity index (χ0) is 11.8. The van der Waals surface area contributed by atoms with Crippen LogP contribution in [0.2, 0.25) is 0 Å². The third kappa shape index (κ3) is 4.01. The predicted octanol–water partition coefficient (Wildman–Crippen LogP) is 2.22. The average Bonchev–Trinajstić information content (AvgIpc) is 2.30. The molecule has 0 saturated carbocycles. The molecule has 1 atom stereocenters. The van der Waals surface area contributed by atoms with Crippen molar-refractivity contribution in [2.24, 2.45) is 0 Å². The second kappa shape index (κ2) is 6.99. The minimum absolute atomic E-state index is 0.488. The fourth-order valence-corrected chi connectivity index (χ4v) is 1.60. The number of aliphatic hydroxyl groups excluding tert-OH is 1. The van der Waals surface area contributed by atoms with E-state index in [1.54, 1.807) is 12.2 Å². The Kier molecular flexibility index (Phi) is 5.54. The van der Waals surface area contributed by atoms with Crippen LogP contribution >= 0.6 is 0 Å². The summed E-state index contributed by atoms with van der Waals surface area (Å²) in [6.45, 7) is 8.70. The van der Waals surface area contributed by atoms with Crippen LogP contribution in [0.1, 0.15) is 5.56 Å². The third-order valence-electron chi connectivity index (χ3n) is 2.41. The molecule has 1 rings (SSSR count). The van der Waals surface area contributed by atoms with Crippen molar-refractivity contribution >= 4 is 0 Å². The third-order valence-corrected chi connectivity index (χ3v) is 2.41. The molecule has 0 aromatic heterocycles. The Morgan fingerprint density at radius 1 is 1.12 bits per heavy atom. The Balaban J connectivity index is 2.57. The minimum atomic E-state index is -0.488. The van der Waals surface area contributed by atoms with Crippen molar-refractivity contribution in [2.75, 3.05) is 13.1 Å². The van der Waals surface area contributed by atoms with Crippen molar-refractivity contribution in [2.45, 2.75) is 12.6 Å². The first kappa shape index (κ1) is 12.7. The van der Waals surface area contributed by atoms with Crippen molar-refractivity contribution in [3.8, 4) is 0 Å². The average molecular weight is 217 g/mol. The van der Waals surface area contributed by atoms with Gasteiger partial charge >= 0.3 is 0 Å². The van der Waals surface area contributed by atoms with Crippen LogP contribution in [-0.2, 0) is 6.42 Å². The summed E-state index contributed by atoms with van der Waals surface area (Å²) in [4.78, 5) is 1.92. The van der Waals surface area contributed by atoms with Crippen molar-refractivity contribution in [3.63, 3.8) is 0 Å². The first-order chi connectivity index (χ1) is 7.77. The van der Waals surface area contributed by atoms with Gasteiger partial charge in [0.1, 0.15) is 6.23 Å². The highest BCUT2D eigenvalue weighted by Gasteiger charge is 2.12. The number of nitrogens with zero attached hydrogens (tertiary/aromatic N) is 1. The van der Waals surface area contributed by atoms with Gasteiger partial charge in [-0.15, -0.1) is 13.2 Å². The summed E-state index contributed by atoms with van der Waals surface area (Å²) in [7, 11) is 0. The van der Waals surface area contributed by atoms with Gasteiger partial charge in [-0.05, 0) is 5.56 Å². The molecule has 2 heteroatoms. The lowest BCUT2D eigenvalue weighted by atomic mass is 10.1. The lowest BCUT2D eigenvalue weighted by Crippen LogP contribution is -2.37. The highest BCUT2D eigenvalue weighted by molar-refractivity contribution is 5.15. The molecule has 1 N–H and O–H groups in total. The molecule has 1 aromatic rings. The zero-order valence-electron chi connectivity index (χ0n) is 9.55. The van der Waals surface area contributed by atoms with Gasteiger partial charge in [0.15, 0.2) is 0 Å². The topological polar surface area (TPSA) is 23.5 Å². The number of rotatable bonds is 7. The summed E-state index contributed by atoms with van der Waals surface area (Å²) in [5, 5.41) is 10.1. The van der Waals surface area contributed by atoms with Gasteiger partial charge < -0.3 is 5.11 Å². The molecule has 0 heterocycles. The Hall–Kier alpha value is -1.38. The normalized spacial score (nSPS) is 12.4. The Morgan fingerprint density at radius 3 is 2.19 bits per heavy atom. The quantitative estimate of drug-likeness (QED) is 0.559. The van der Waals surface area contributed by atoms with Crippen molar-refractivity contribution in [1.82, 2.24) is 4.90 Å². The number of hydrogen-bond donors (Lipinski definition) is 1. The molecule has 0 aliphatic carbocycles. The van der Waals surface area contributed by atoms with Crippen LogP contribution in [0.25, 0.3) is 0 Å². The van der Waals surface area contributed by atoms with E-state index in [9.17, 15) is 5.11 Å². The molecule has 0 amide bonds. The highest BCUT2D eigenvalue weighted by Crippen LogP contribution is 2.07. The van der Waals surface area contributed by atoms with E-state index in [2.05, 4.69) is 13.2 Å². The number of aliphatic hydroxyl groups is 1. The summed E-state index contributed by atoms with van der Waals surface area (Å²) < 4.78 is 0. The minimum Gasteiger partial charge on any atom is -0.378 e. The first-order valence-corrected chi connectivity index (χ1v) is 5.45. The molecule has 2 nitrogen and oxygen atoms in total. The largest absolute Gasteiger partial charge is 0.378 e. The summed E-state index contributed by atoms with van der Waals surface area (Å²) in [5.41, 5.74) is 1.13. The van der Waals surface area contributed by atoms with E-state index in [1.807, 2.05) is 35.2 Å². The van der Waals surface area contributed by atoms with E-state index >= 15 is 0 Å². The van der Waals surface area contributed by atoms with Gasteiger partial charge in [-0.2, -0.15) is 0 Å². The monoisotopic (exact) mass is 217 g/mol. The molecule has 86 valence electrons. The van der Waals surface area contributed by atoms with E-state index in [0.29, 0.717) is 19.5 Å². The smallest absolute Gasteiger partial charge is 0.112 e. The van der Waals surface area contributed by atoms with Gasteiger partial charge in [0.2, 0.25) is 0 Å². The maximum absolute atomic E-state index is 10.1. The molecule has 0 radical (unpaired) electrons. The maximum Gasteiger partial charge on any atom is 0.112 e. The molecular weight excluding hydrogens is 198 g/mol. The van der Waals surface area contributed by atoms with Crippen LogP contribution in [0.5, 0.6) is 0 Å². The molecule has 0 aliphatic rings. The predicted molar refractivity (Wildman–Crippen MR) is 68.1 cm³/mol. The van der Waals surface area contributed by atoms with Crippen molar-refractivity contribution in [3.05, 3.63) is 61.2 Å². The fourth-order valence-electron chi connectivity index (χ4n) is 1.60. The van der Waals surface area contributed by atoms with Gasteiger partial charge in [-0.25, -0.2) is 0 Å². The molecule has 16 heavy (non-hydrogen) atoms. The zero-order valence-corrected chi connectivity index (χ0v) is 9.55. The SMILES string of the molecule is C=CCN(CC=C)C(O)Cc1ccccc1. The Morgan fingerprint density at radius 2 is 1.69 bits per heavy atom. The van der Waals surface area contributed by atoms with E-state index < -0.39 is 6.23 Å². The molecule has 0 saturated heterocycles. The van der Waals surface area contributed by atoms with Crippen LogP contribution in [-0.4, -0.2) is 29.3 Å². The lowest BCUT2D eigenvalue weighted by molar-refractivity contribution is 0.0204. The van der Waals surface area contributed by atoms with Crippen LogP contribution < -0.4 is 0 Å². The molecule has 0 aliphatic heterocycles. The second-order valence-electron chi connectivity index (χ2n) is 3.70. The summed E-state index contributed by atoms with van der Waals surface area (Å²) in [6.07, 6.45) is 3.72. The van der Waals surface area contributed by atoms with E-state index in [0.717, 1.165) is 5.56 Å². The van der Waals surface area contributed by atoms with Gasteiger partial charge in [0, 0.05) is 19.5 Å². The first-order valence-electron chi connectivity index (χ1n) is 5.45. The van der Waals surface area contributed by atoms with Crippen LogP contribution in [0, 0.1) is 0 Å². The fraction of sp³-hybridized carbons (Fsp3) is 0.286. The van der Waals surface area contributed by atoms with Crippen molar-refractivity contribution < 1.29 is 5.11 Å². The molecule has 0 spiro atoms. The van der Waals surface area contributed by atoms with Crippen LogP contribution in [0.4, 0.5) is 0 Å².